The van der Waals surface area contributed by atoms with E-state index in [4.69, 9.17) is 21.3 Å². The molecule has 1 aromatic heterocycles. The molecule has 3 aromatic rings. The first kappa shape index (κ1) is 28.0. The normalized spacial score (nSPS) is 21.7. The lowest BCUT2D eigenvalue weighted by atomic mass is 9.96. The number of hydrogen-bond acceptors (Lipinski definition) is 7. The molecule has 0 bridgehead atoms. The number of imide groups is 1. The SMILES string of the molecule is C[C@](NC(=O)Nc1ccc2c(c1F)CN(C1CCC(=O)NC1=O)C2=O)(c1nc2c(OC3CCC3)cc(Cl)cc2s1)C1CC1. The number of nitrogens with zero attached hydrogens (tertiary/aromatic N) is 2. The lowest BCUT2D eigenvalue weighted by Gasteiger charge is -2.29. The zero-order valence-electron chi connectivity index (χ0n) is 23.3. The molecule has 0 spiro atoms. The second-order valence-electron chi connectivity index (χ2n) is 11.8. The van der Waals surface area contributed by atoms with Gasteiger partial charge in [-0.05, 0) is 69.6 Å². The minimum atomic E-state index is -0.862. The number of carbonyl (C=O) groups excluding carboxylic acids is 4. The Morgan fingerprint density at radius 2 is 1.98 bits per heavy atom. The molecule has 0 radical (unpaired) electrons. The van der Waals surface area contributed by atoms with Crippen molar-refractivity contribution in [1.82, 2.24) is 20.5 Å². The molecule has 43 heavy (non-hydrogen) atoms. The van der Waals surface area contributed by atoms with Gasteiger partial charge < -0.3 is 20.3 Å². The van der Waals surface area contributed by atoms with Crippen molar-refractivity contribution in [3.8, 4) is 5.75 Å². The molecule has 3 fully saturated rings. The number of hydrogen-bond donors (Lipinski definition) is 3. The molecule has 3 N–H and O–H groups in total. The molecule has 13 heteroatoms. The first-order valence-electron chi connectivity index (χ1n) is 14.4. The molecule has 2 aliphatic carbocycles. The first-order valence-corrected chi connectivity index (χ1v) is 15.6. The predicted octanol–water partition coefficient (Wildman–Crippen LogP) is 5.23. The third-order valence-corrected chi connectivity index (χ3v) is 10.3. The highest BCUT2D eigenvalue weighted by atomic mass is 35.5. The van der Waals surface area contributed by atoms with Crippen molar-refractivity contribution in [1.29, 1.82) is 0 Å². The number of benzene rings is 2. The maximum absolute atomic E-state index is 15.7. The number of carbonyl (C=O) groups is 4. The number of halogens is 2. The van der Waals surface area contributed by atoms with Crippen LogP contribution in [0.25, 0.3) is 10.2 Å². The number of piperidine rings is 1. The average Bonchev–Trinajstić information content (AvgIpc) is 3.62. The van der Waals surface area contributed by atoms with Gasteiger partial charge in [-0.25, -0.2) is 14.2 Å². The zero-order chi connectivity index (χ0) is 30.0. The fourth-order valence-corrected chi connectivity index (χ4v) is 7.50. The summed E-state index contributed by atoms with van der Waals surface area (Å²) in [5.74, 6) is -1.42. The van der Waals surface area contributed by atoms with E-state index in [9.17, 15) is 19.2 Å². The summed E-state index contributed by atoms with van der Waals surface area (Å²) >= 11 is 7.84. The van der Waals surface area contributed by atoms with Crippen LogP contribution in [0.4, 0.5) is 14.9 Å². The van der Waals surface area contributed by atoms with Gasteiger partial charge >= 0.3 is 6.03 Å². The monoisotopic (exact) mass is 625 g/mol. The second kappa shape index (κ2) is 10.4. The smallest absolute Gasteiger partial charge is 0.320 e. The Morgan fingerprint density at radius 1 is 1.19 bits per heavy atom. The van der Waals surface area contributed by atoms with Crippen molar-refractivity contribution >= 4 is 62.6 Å². The molecular weight excluding hydrogens is 597 g/mol. The van der Waals surface area contributed by atoms with Crippen LogP contribution < -0.4 is 20.7 Å². The molecule has 2 aliphatic heterocycles. The molecule has 7 rings (SSSR count). The van der Waals surface area contributed by atoms with E-state index in [1.54, 1.807) is 6.07 Å². The highest BCUT2D eigenvalue weighted by Crippen LogP contribution is 2.48. The number of ether oxygens (including phenoxy) is 1. The molecule has 4 aliphatic rings. The van der Waals surface area contributed by atoms with Gasteiger partial charge in [-0.3, -0.25) is 19.7 Å². The van der Waals surface area contributed by atoms with Gasteiger partial charge in [0.15, 0.2) is 5.82 Å². The van der Waals surface area contributed by atoms with Gasteiger partial charge in [-0.2, -0.15) is 0 Å². The fourth-order valence-electron chi connectivity index (χ4n) is 6.03. The third kappa shape index (κ3) is 5.00. The van der Waals surface area contributed by atoms with Crippen molar-refractivity contribution in [2.75, 3.05) is 5.32 Å². The summed E-state index contributed by atoms with van der Waals surface area (Å²) in [6, 6.07) is 4.95. The fraction of sp³-hybridized carbons (Fsp3) is 0.433. The number of aromatic nitrogens is 1. The summed E-state index contributed by atoms with van der Waals surface area (Å²) in [5.41, 5.74) is 0.0307. The quantitative estimate of drug-likeness (QED) is 0.309. The second-order valence-corrected chi connectivity index (χ2v) is 13.3. The molecular formula is C30H29ClFN5O5S. The van der Waals surface area contributed by atoms with Crippen molar-refractivity contribution in [2.24, 2.45) is 5.92 Å². The maximum Gasteiger partial charge on any atom is 0.320 e. The van der Waals surface area contributed by atoms with Gasteiger partial charge in [0, 0.05) is 28.6 Å². The Balaban J connectivity index is 1.11. The van der Waals surface area contributed by atoms with E-state index >= 15 is 4.39 Å². The number of fused-ring (bicyclic) bond motifs is 2. The number of thiazole rings is 1. The summed E-state index contributed by atoms with van der Waals surface area (Å²) in [4.78, 5) is 56.4. The van der Waals surface area contributed by atoms with Gasteiger partial charge in [0.25, 0.3) is 5.91 Å². The molecule has 10 nitrogen and oxygen atoms in total. The zero-order valence-corrected chi connectivity index (χ0v) is 24.9. The molecule has 1 saturated heterocycles. The van der Waals surface area contributed by atoms with E-state index < -0.39 is 41.2 Å². The molecule has 1 unspecified atom stereocenters. The number of urea groups is 1. The van der Waals surface area contributed by atoms with Crippen LogP contribution in [0.1, 0.15) is 72.8 Å². The molecule has 2 saturated carbocycles. The Morgan fingerprint density at radius 3 is 2.67 bits per heavy atom. The van der Waals surface area contributed by atoms with Gasteiger partial charge in [-0.15, -0.1) is 11.3 Å². The lowest BCUT2D eigenvalue weighted by Crippen LogP contribution is -2.52. The topological polar surface area (TPSA) is 130 Å². The molecule has 5 amide bonds. The third-order valence-electron chi connectivity index (χ3n) is 8.88. The molecule has 2 aromatic carbocycles. The number of anilines is 1. The summed E-state index contributed by atoms with van der Waals surface area (Å²) in [6.07, 6.45) is 5.36. The minimum Gasteiger partial charge on any atom is -0.488 e. The summed E-state index contributed by atoms with van der Waals surface area (Å²) in [6.45, 7) is 1.79. The Hall–Kier alpha value is -3.77. The Kier molecular flexibility index (Phi) is 6.81. The van der Waals surface area contributed by atoms with Crippen molar-refractivity contribution in [3.63, 3.8) is 0 Å². The van der Waals surface area contributed by atoms with Crippen molar-refractivity contribution < 1.29 is 28.3 Å². The van der Waals surface area contributed by atoms with E-state index in [1.165, 1.54) is 28.4 Å². The van der Waals surface area contributed by atoms with E-state index in [0.717, 1.165) is 36.8 Å². The molecule has 3 heterocycles. The maximum atomic E-state index is 15.7. The van der Waals surface area contributed by atoms with Crippen LogP contribution in [0.15, 0.2) is 24.3 Å². The van der Waals surface area contributed by atoms with Crippen LogP contribution in [0.5, 0.6) is 5.75 Å². The number of amides is 5. The highest BCUT2D eigenvalue weighted by molar-refractivity contribution is 7.18. The van der Waals surface area contributed by atoms with Crippen LogP contribution in [0.2, 0.25) is 5.02 Å². The molecule has 224 valence electrons. The van der Waals surface area contributed by atoms with Gasteiger partial charge in [0.2, 0.25) is 11.8 Å². The van der Waals surface area contributed by atoms with E-state index in [2.05, 4.69) is 16.0 Å². The van der Waals surface area contributed by atoms with Gasteiger partial charge in [0.05, 0.1) is 28.6 Å². The predicted molar refractivity (Wildman–Crippen MR) is 158 cm³/mol. The van der Waals surface area contributed by atoms with Crippen LogP contribution in [0, 0.1) is 11.7 Å². The Bertz CT molecular complexity index is 1710. The lowest BCUT2D eigenvalue weighted by molar-refractivity contribution is -0.136. The largest absolute Gasteiger partial charge is 0.488 e. The van der Waals surface area contributed by atoms with E-state index in [-0.39, 0.29) is 48.2 Å². The summed E-state index contributed by atoms with van der Waals surface area (Å²) in [5, 5.41) is 9.16. The van der Waals surface area contributed by atoms with Crippen molar-refractivity contribution in [2.45, 2.75) is 76.1 Å². The van der Waals surface area contributed by atoms with Gasteiger partial charge in [-0.1, -0.05) is 11.6 Å². The average molecular weight is 626 g/mol. The van der Waals surface area contributed by atoms with Crippen LogP contribution in [0.3, 0.4) is 0 Å². The number of nitrogens with one attached hydrogen (secondary N) is 3. The molecule has 2 atom stereocenters. The van der Waals surface area contributed by atoms with Crippen molar-refractivity contribution in [3.05, 3.63) is 51.2 Å². The summed E-state index contributed by atoms with van der Waals surface area (Å²) in [7, 11) is 0. The van der Waals surface area contributed by atoms with Crippen LogP contribution >= 0.6 is 22.9 Å². The summed E-state index contributed by atoms with van der Waals surface area (Å²) < 4.78 is 22.7. The van der Waals surface area contributed by atoms with Crippen LogP contribution in [-0.2, 0) is 21.7 Å². The first-order chi connectivity index (χ1) is 20.6. The Labute approximate surface area is 255 Å². The van der Waals surface area contributed by atoms with E-state index in [1.807, 2.05) is 13.0 Å². The minimum absolute atomic E-state index is 0.0837. The standard InChI is InChI=1S/C30H29ClFN5O5S/c1-30(14-5-6-14,28-35-25-21(42-16-3-2-4-16)11-15(31)12-22(25)43-28)36-29(41)33-19-8-7-17-18(24(19)32)13-37(27(17)40)20-9-10-23(38)34-26(20)39/h7-8,11-12,14,16,20H,2-6,9-10,13H2,1H3,(H2,33,36,41)(H,34,38,39)/t20?,30-/m1/s1. The number of rotatable bonds is 7. The van der Waals surface area contributed by atoms with Gasteiger partial charge in [0.1, 0.15) is 22.3 Å². The van der Waals surface area contributed by atoms with Crippen LogP contribution in [-0.4, -0.2) is 45.8 Å². The highest BCUT2D eigenvalue weighted by Gasteiger charge is 2.47. The van der Waals surface area contributed by atoms with E-state index in [0.29, 0.717) is 21.3 Å².